The zero-order valence-corrected chi connectivity index (χ0v) is 22.7. The first kappa shape index (κ1) is 25.9. The van der Waals surface area contributed by atoms with Crippen molar-refractivity contribution in [1.82, 2.24) is 5.32 Å². The molecule has 0 spiro atoms. The molecule has 0 bridgehead atoms. The zero-order valence-electron chi connectivity index (χ0n) is 21.1. The van der Waals surface area contributed by atoms with Crippen LogP contribution in [0.4, 0.5) is 0 Å². The smallest absolute Gasteiger partial charge is 0.119 e. The van der Waals surface area contributed by atoms with Crippen LogP contribution in [0.15, 0.2) is 95.5 Å². The van der Waals surface area contributed by atoms with E-state index in [-0.39, 0.29) is 6.10 Å². The van der Waals surface area contributed by atoms with Gasteiger partial charge in [0.25, 0.3) is 0 Å². The molecule has 0 radical (unpaired) electrons. The van der Waals surface area contributed by atoms with Crippen LogP contribution in [0, 0.1) is 0 Å². The van der Waals surface area contributed by atoms with Crippen molar-refractivity contribution >= 4 is 26.7 Å². The number of hydrogen-bond donors (Lipinski definition) is 1. The van der Waals surface area contributed by atoms with Gasteiger partial charge in [0.05, 0.1) is 32.5 Å². The minimum absolute atomic E-state index is 0.148. The lowest BCUT2D eigenvalue weighted by Gasteiger charge is -2.32. The van der Waals surface area contributed by atoms with E-state index in [1.54, 1.807) is 0 Å². The van der Waals surface area contributed by atoms with Crippen LogP contribution in [0.1, 0.15) is 35.4 Å². The number of rotatable bonds is 11. The molecule has 192 valence electrons. The fraction of sp³-hybridized carbons (Fsp3) is 0.312. The normalized spacial score (nSPS) is 17.6. The Morgan fingerprint density at radius 1 is 0.784 bits per heavy atom. The highest BCUT2D eigenvalue weighted by molar-refractivity contribution is 9.10. The van der Waals surface area contributed by atoms with Gasteiger partial charge in [0.2, 0.25) is 0 Å². The predicted octanol–water partition coefficient (Wildman–Crippen LogP) is 7.25. The third-order valence-corrected chi connectivity index (χ3v) is 7.43. The van der Waals surface area contributed by atoms with Gasteiger partial charge in [-0.05, 0) is 70.8 Å². The number of benzene rings is 4. The number of piperidine rings is 1. The van der Waals surface area contributed by atoms with Gasteiger partial charge in [-0.3, -0.25) is 0 Å². The van der Waals surface area contributed by atoms with Crippen molar-refractivity contribution in [3.8, 4) is 5.75 Å². The van der Waals surface area contributed by atoms with Crippen LogP contribution in [0.5, 0.6) is 5.75 Å². The molecule has 1 aliphatic rings. The van der Waals surface area contributed by atoms with Gasteiger partial charge in [0, 0.05) is 23.4 Å². The Labute approximate surface area is 228 Å². The molecule has 1 N–H and O–H groups in total. The molecule has 0 amide bonds. The summed E-state index contributed by atoms with van der Waals surface area (Å²) in [6, 6.07) is 31.8. The van der Waals surface area contributed by atoms with E-state index in [0.29, 0.717) is 32.3 Å². The first-order valence-electron chi connectivity index (χ1n) is 13.1. The number of hydrogen-bond acceptors (Lipinski definition) is 4. The van der Waals surface area contributed by atoms with Crippen molar-refractivity contribution in [2.24, 2.45) is 0 Å². The maximum Gasteiger partial charge on any atom is 0.119 e. The average molecular weight is 561 g/mol. The Morgan fingerprint density at radius 3 is 2.41 bits per heavy atom. The topological polar surface area (TPSA) is 39.7 Å². The molecule has 4 aromatic rings. The number of ether oxygens (including phenoxy) is 3. The summed E-state index contributed by atoms with van der Waals surface area (Å²) >= 11 is 3.46. The Kier molecular flexibility index (Phi) is 9.25. The van der Waals surface area contributed by atoms with Crippen molar-refractivity contribution in [3.63, 3.8) is 0 Å². The minimum Gasteiger partial charge on any atom is -0.494 e. The summed E-state index contributed by atoms with van der Waals surface area (Å²) in [5.74, 6) is 1.28. The molecule has 2 unspecified atom stereocenters. The van der Waals surface area contributed by atoms with Gasteiger partial charge < -0.3 is 19.5 Å². The van der Waals surface area contributed by atoms with E-state index >= 15 is 0 Å². The van der Waals surface area contributed by atoms with Crippen molar-refractivity contribution < 1.29 is 14.2 Å². The summed E-state index contributed by atoms with van der Waals surface area (Å²) < 4.78 is 19.3. The van der Waals surface area contributed by atoms with Crippen LogP contribution in [0.3, 0.4) is 0 Å². The van der Waals surface area contributed by atoms with E-state index in [9.17, 15) is 0 Å². The molecular weight excluding hydrogens is 526 g/mol. The Morgan fingerprint density at radius 2 is 1.57 bits per heavy atom. The highest BCUT2D eigenvalue weighted by atomic mass is 79.9. The van der Waals surface area contributed by atoms with Gasteiger partial charge >= 0.3 is 0 Å². The Hall–Kier alpha value is -2.70. The molecule has 4 nitrogen and oxygen atoms in total. The highest BCUT2D eigenvalue weighted by Gasteiger charge is 2.27. The number of halogens is 1. The van der Waals surface area contributed by atoms with Gasteiger partial charge in [-0.1, -0.05) is 76.6 Å². The maximum atomic E-state index is 6.45. The lowest BCUT2D eigenvalue weighted by molar-refractivity contribution is 0.0106. The van der Waals surface area contributed by atoms with Gasteiger partial charge in [-0.25, -0.2) is 0 Å². The fourth-order valence-corrected chi connectivity index (χ4v) is 5.12. The molecule has 1 heterocycles. The first-order valence-corrected chi connectivity index (χ1v) is 13.9. The monoisotopic (exact) mass is 559 g/mol. The summed E-state index contributed by atoms with van der Waals surface area (Å²) in [5.41, 5.74) is 3.71. The second-order valence-corrected chi connectivity index (χ2v) is 10.5. The molecule has 1 saturated heterocycles. The van der Waals surface area contributed by atoms with Crippen molar-refractivity contribution in [3.05, 3.63) is 112 Å². The van der Waals surface area contributed by atoms with Crippen LogP contribution in [-0.2, 0) is 22.7 Å². The molecule has 4 aromatic carbocycles. The van der Waals surface area contributed by atoms with Gasteiger partial charge in [0.15, 0.2) is 0 Å². The van der Waals surface area contributed by atoms with E-state index < -0.39 is 0 Å². The van der Waals surface area contributed by atoms with Gasteiger partial charge in [-0.15, -0.1) is 0 Å². The molecule has 1 aliphatic heterocycles. The highest BCUT2D eigenvalue weighted by Crippen LogP contribution is 2.30. The molecule has 0 aromatic heterocycles. The second-order valence-electron chi connectivity index (χ2n) is 9.58. The Bertz CT molecular complexity index is 1260. The lowest BCUT2D eigenvalue weighted by atomic mass is 9.87. The summed E-state index contributed by atoms with van der Waals surface area (Å²) in [6.45, 7) is 4.46. The van der Waals surface area contributed by atoms with Crippen molar-refractivity contribution in [1.29, 1.82) is 0 Å². The minimum atomic E-state index is 0.148. The third kappa shape index (κ3) is 7.42. The summed E-state index contributed by atoms with van der Waals surface area (Å²) in [4.78, 5) is 0. The molecular formula is C32H34BrNO3. The third-order valence-electron chi connectivity index (χ3n) is 6.90. The van der Waals surface area contributed by atoms with E-state index in [2.05, 4.69) is 100 Å². The zero-order chi connectivity index (χ0) is 25.3. The number of fused-ring (bicyclic) bond motifs is 1. The first-order chi connectivity index (χ1) is 18.2. The molecule has 2 atom stereocenters. The maximum absolute atomic E-state index is 6.45. The van der Waals surface area contributed by atoms with Crippen molar-refractivity contribution in [2.75, 3.05) is 26.3 Å². The van der Waals surface area contributed by atoms with Crippen molar-refractivity contribution in [2.45, 2.75) is 38.1 Å². The standard InChI is InChI=1S/C32H34BrNO3/c33-29-12-7-24(8-13-29)22-35-18-3-19-36-30-14-10-27(11-15-30)31-16-17-34-21-32(31)37-23-25-6-9-26-4-1-2-5-28(26)20-25/h1-2,4-15,20,31-32,34H,3,16-19,21-23H2. The van der Waals surface area contributed by atoms with E-state index in [1.165, 1.54) is 27.5 Å². The van der Waals surface area contributed by atoms with Crippen LogP contribution >= 0.6 is 15.9 Å². The number of nitrogens with one attached hydrogen (secondary N) is 1. The summed E-state index contributed by atoms with van der Waals surface area (Å²) in [5, 5.41) is 6.03. The van der Waals surface area contributed by atoms with E-state index in [1.807, 2.05) is 12.1 Å². The molecule has 5 heteroatoms. The fourth-order valence-electron chi connectivity index (χ4n) is 4.85. The van der Waals surface area contributed by atoms with Crippen LogP contribution in [0.2, 0.25) is 0 Å². The lowest BCUT2D eigenvalue weighted by Crippen LogP contribution is -2.40. The van der Waals surface area contributed by atoms with Crippen LogP contribution < -0.4 is 10.1 Å². The predicted molar refractivity (Wildman–Crippen MR) is 153 cm³/mol. The Balaban J connectivity index is 1.08. The second kappa shape index (κ2) is 13.2. The quantitative estimate of drug-likeness (QED) is 0.196. The molecule has 37 heavy (non-hydrogen) atoms. The van der Waals surface area contributed by atoms with Crippen LogP contribution in [-0.4, -0.2) is 32.4 Å². The molecule has 1 fully saturated rings. The van der Waals surface area contributed by atoms with Gasteiger partial charge in [-0.2, -0.15) is 0 Å². The molecule has 0 aliphatic carbocycles. The average Bonchev–Trinajstić information content (AvgIpc) is 2.95. The van der Waals surface area contributed by atoms with Gasteiger partial charge in [0.1, 0.15) is 5.75 Å². The van der Waals surface area contributed by atoms with E-state index in [0.717, 1.165) is 36.2 Å². The largest absolute Gasteiger partial charge is 0.494 e. The summed E-state index contributed by atoms with van der Waals surface area (Å²) in [7, 11) is 0. The van der Waals surface area contributed by atoms with E-state index in [4.69, 9.17) is 14.2 Å². The van der Waals surface area contributed by atoms with Crippen LogP contribution in [0.25, 0.3) is 10.8 Å². The molecule has 5 rings (SSSR count). The SMILES string of the molecule is Brc1ccc(COCCCOc2ccc(C3CCNCC3OCc3ccc4ccccc4c3)cc2)cc1. The molecule has 0 saturated carbocycles. The summed E-state index contributed by atoms with van der Waals surface area (Å²) in [6.07, 6.45) is 2.07.